The van der Waals surface area contributed by atoms with Crippen molar-refractivity contribution in [2.24, 2.45) is 0 Å². The van der Waals surface area contributed by atoms with Crippen molar-refractivity contribution in [2.75, 3.05) is 38.0 Å². The molecule has 1 aliphatic heterocycles. The third kappa shape index (κ3) is 6.03. The molecule has 0 bridgehead atoms. The molecule has 11 heteroatoms. The SMILES string of the molecule is CC1=C(C2=C(C3=C(C)c4ccc(/C=C/c5ccc(N(C)C)cc5)cc4S3(=O)=O)C(F)(F)C(F)(F)C2(F)F)Cc2cc(/C=C/c3ccc(N(C)C)cc3)ccc21. The lowest BCUT2D eigenvalue weighted by Crippen LogP contribution is -2.49. The zero-order chi connectivity index (χ0) is 39.8. The number of hydrogen-bond donors (Lipinski definition) is 0. The minimum atomic E-state index is -5.91. The number of hydrogen-bond acceptors (Lipinski definition) is 4. The second-order valence-corrected chi connectivity index (χ2v) is 16.4. The summed E-state index contributed by atoms with van der Waals surface area (Å²) in [5, 5.41) is 0. The molecule has 7 rings (SSSR count). The van der Waals surface area contributed by atoms with Crippen molar-refractivity contribution in [3.05, 3.63) is 145 Å². The second-order valence-electron chi connectivity index (χ2n) is 14.5. The van der Waals surface area contributed by atoms with Gasteiger partial charge in [-0.25, -0.2) is 8.42 Å². The lowest BCUT2D eigenvalue weighted by Gasteiger charge is -2.26. The zero-order valence-electron chi connectivity index (χ0n) is 31.0. The van der Waals surface area contributed by atoms with Gasteiger partial charge in [-0.05, 0) is 106 Å². The standard InChI is InChI=1S/C44H38F6N2O2S/c1-26-35-21-15-30(9-7-28-11-17-33(18-12-28)51(3)4)23-32(35)25-37(26)39-40(43(47,48)44(49,50)42(39,45)46)41-27(2)36-22-16-31(24-38(36)55(41,53)54)10-8-29-13-19-34(20-14-29)52(5)6/h7-24H,25H2,1-6H3/b9-7+,10-8+. The van der Waals surface area contributed by atoms with Crippen LogP contribution < -0.4 is 9.80 Å². The molecule has 0 saturated carbocycles. The van der Waals surface area contributed by atoms with E-state index in [4.69, 9.17) is 0 Å². The molecule has 0 aromatic heterocycles. The first-order valence-electron chi connectivity index (χ1n) is 17.5. The molecule has 4 aromatic carbocycles. The maximum absolute atomic E-state index is 16.1. The van der Waals surface area contributed by atoms with Crippen LogP contribution in [0.5, 0.6) is 0 Å². The lowest BCUT2D eigenvalue weighted by atomic mass is 9.93. The average Bonchev–Trinajstić information content (AvgIpc) is 3.59. The summed E-state index contributed by atoms with van der Waals surface area (Å²) in [5.74, 6) is -16.8. The van der Waals surface area contributed by atoms with Crippen LogP contribution in [0.15, 0.2) is 111 Å². The van der Waals surface area contributed by atoms with Gasteiger partial charge < -0.3 is 9.80 Å². The van der Waals surface area contributed by atoms with Crippen LogP contribution in [0, 0.1) is 0 Å². The molecule has 4 aromatic rings. The van der Waals surface area contributed by atoms with Crippen molar-refractivity contribution in [2.45, 2.75) is 42.9 Å². The van der Waals surface area contributed by atoms with Crippen LogP contribution in [0.3, 0.4) is 0 Å². The van der Waals surface area contributed by atoms with Crippen LogP contribution in [0.4, 0.5) is 37.7 Å². The highest BCUT2D eigenvalue weighted by atomic mass is 32.2. The van der Waals surface area contributed by atoms with E-state index in [9.17, 15) is 8.42 Å². The maximum Gasteiger partial charge on any atom is 0.380 e. The van der Waals surface area contributed by atoms with E-state index in [2.05, 4.69) is 0 Å². The van der Waals surface area contributed by atoms with Gasteiger partial charge in [0.15, 0.2) is 0 Å². The van der Waals surface area contributed by atoms with E-state index in [1.807, 2.05) is 92.6 Å². The molecule has 0 saturated heterocycles. The van der Waals surface area contributed by atoms with E-state index in [0.717, 1.165) is 22.5 Å². The third-order valence-corrected chi connectivity index (χ3v) is 12.6. The van der Waals surface area contributed by atoms with E-state index < -0.39 is 54.1 Å². The van der Waals surface area contributed by atoms with Crippen LogP contribution >= 0.6 is 0 Å². The minimum absolute atomic E-state index is 0.0168. The fourth-order valence-electron chi connectivity index (χ4n) is 7.49. The molecular weight excluding hydrogens is 735 g/mol. The van der Waals surface area contributed by atoms with Crippen molar-refractivity contribution in [3.8, 4) is 0 Å². The summed E-state index contributed by atoms with van der Waals surface area (Å²) < 4.78 is 123. The van der Waals surface area contributed by atoms with Gasteiger partial charge in [0.05, 0.1) is 15.4 Å². The molecule has 55 heavy (non-hydrogen) atoms. The number of sulfone groups is 1. The van der Waals surface area contributed by atoms with Crippen molar-refractivity contribution in [1.29, 1.82) is 0 Å². The van der Waals surface area contributed by atoms with Gasteiger partial charge in [0.1, 0.15) is 0 Å². The van der Waals surface area contributed by atoms with Gasteiger partial charge in [-0.3, -0.25) is 0 Å². The Balaban J connectivity index is 1.27. The van der Waals surface area contributed by atoms with Crippen molar-refractivity contribution < 1.29 is 34.8 Å². The molecule has 0 N–H and O–H groups in total. The van der Waals surface area contributed by atoms with Crippen molar-refractivity contribution in [1.82, 2.24) is 0 Å². The summed E-state index contributed by atoms with van der Waals surface area (Å²) in [6, 6.07) is 24.5. The van der Waals surface area contributed by atoms with E-state index in [1.54, 1.807) is 42.5 Å². The fraction of sp³-hybridized carbons (Fsp3) is 0.227. The van der Waals surface area contributed by atoms with E-state index in [-0.39, 0.29) is 23.1 Å². The Hall–Kier alpha value is -5.29. The fourth-order valence-corrected chi connectivity index (χ4v) is 9.53. The molecule has 0 atom stereocenters. The maximum atomic E-state index is 16.1. The zero-order valence-corrected chi connectivity index (χ0v) is 31.8. The first-order chi connectivity index (χ1) is 25.8. The Morgan fingerprint density at radius 3 is 1.51 bits per heavy atom. The first-order valence-corrected chi connectivity index (χ1v) is 19.0. The van der Waals surface area contributed by atoms with Crippen molar-refractivity contribution in [3.63, 3.8) is 0 Å². The van der Waals surface area contributed by atoms with Gasteiger partial charge in [-0.2, -0.15) is 26.3 Å². The summed E-state index contributed by atoms with van der Waals surface area (Å²) in [4.78, 5) is 2.26. The van der Waals surface area contributed by atoms with Crippen LogP contribution in [0.1, 0.15) is 52.8 Å². The summed E-state index contributed by atoms with van der Waals surface area (Å²) in [5.41, 5.74) is 1.49. The van der Waals surface area contributed by atoms with Gasteiger partial charge in [0.25, 0.3) is 0 Å². The molecule has 1 heterocycles. The van der Waals surface area contributed by atoms with E-state index in [1.165, 1.54) is 26.0 Å². The molecule has 0 fully saturated rings. The van der Waals surface area contributed by atoms with Crippen LogP contribution in [0.25, 0.3) is 35.5 Å². The van der Waals surface area contributed by atoms with Crippen LogP contribution in [-0.4, -0.2) is 54.4 Å². The number of fused-ring (bicyclic) bond motifs is 2. The number of rotatable bonds is 8. The molecule has 2 aliphatic carbocycles. The number of halogens is 6. The van der Waals surface area contributed by atoms with Gasteiger partial charge in [-0.15, -0.1) is 0 Å². The Morgan fingerprint density at radius 1 is 0.564 bits per heavy atom. The van der Waals surface area contributed by atoms with E-state index in [0.29, 0.717) is 22.3 Å². The Morgan fingerprint density at radius 2 is 1.00 bits per heavy atom. The highest BCUT2D eigenvalue weighted by Crippen LogP contribution is 2.65. The molecule has 3 aliphatic rings. The molecule has 0 spiro atoms. The monoisotopic (exact) mass is 772 g/mol. The lowest BCUT2D eigenvalue weighted by molar-refractivity contribution is -0.263. The van der Waals surface area contributed by atoms with Gasteiger partial charge in [0.2, 0.25) is 9.84 Å². The van der Waals surface area contributed by atoms with Crippen molar-refractivity contribution >= 4 is 56.7 Å². The number of nitrogens with zero attached hydrogens (tertiary/aromatic N) is 2. The Bertz CT molecular complexity index is 2510. The first kappa shape index (κ1) is 38.0. The summed E-state index contributed by atoms with van der Waals surface area (Å²) in [6.45, 7) is 2.59. The topological polar surface area (TPSA) is 40.6 Å². The quantitative estimate of drug-likeness (QED) is 0.132. The Kier molecular flexibility index (Phi) is 9.11. The number of alkyl halides is 6. The molecule has 284 valence electrons. The second kappa shape index (κ2) is 13.2. The predicted molar refractivity (Wildman–Crippen MR) is 210 cm³/mol. The number of anilines is 2. The highest BCUT2D eigenvalue weighted by molar-refractivity contribution is 7.96. The van der Waals surface area contributed by atoms with Gasteiger partial charge >= 0.3 is 17.8 Å². The normalized spacial score (nSPS) is 19.2. The molecule has 0 unspecified atom stereocenters. The third-order valence-electron chi connectivity index (χ3n) is 10.6. The minimum Gasteiger partial charge on any atom is -0.378 e. The molecule has 0 radical (unpaired) electrons. The van der Waals surface area contributed by atoms with E-state index >= 15 is 26.3 Å². The average molecular weight is 773 g/mol. The summed E-state index contributed by atoms with van der Waals surface area (Å²) in [7, 11) is 2.68. The summed E-state index contributed by atoms with van der Waals surface area (Å²) >= 11 is 0. The number of allylic oxidation sites excluding steroid dienone is 5. The molecular formula is C44H38F6N2O2S. The predicted octanol–water partition coefficient (Wildman–Crippen LogP) is 10.9. The molecule has 0 amide bonds. The highest BCUT2D eigenvalue weighted by Gasteiger charge is 2.81. The smallest absolute Gasteiger partial charge is 0.378 e. The number of benzene rings is 4. The largest absolute Gasteiger partial charge is 0.380 e. The summed E-state index contributed by atoms with van der Waals surface area (Å²) in [6.07, 6.45) is 6.64. The molecule has 4 nitrogen and oxygen atoms in total. The van der Waals surface area contributed by atoms with Crippen LogP contribution in [0.2, 0.25) is 0 Å². The van der Waals surface area contributed by atoms with Crippen LogP contribution in [-0.2, 0) is 16.3 Å². The van der Waals surface area contributed by atoms with Gasteiger partial charge in [-0.1, -0.05) is 78.9 Å². The Labute approximate surface area is 317 Å². The van der Waals surface area contributed by atoms with Gasteiger partial charge in [0, 0.05) is 45.1 Å².